The summed E-state index contributed by atoms with van der Waals surface area (Å²) in [6.07, 6.45) is 0. The van der Waals surface area contributed by atoms with E-state index in [4.69, 9.17) is 0 Å². The van der Waals surface area contributed by atoms with Gasteiger partial charge in [-0.3, -0.25) is 10.2 Å². The highest BCUT2D eigenvalue weighted by Gasteiger charge is 2.08. The normalized spacial score (nSPS) is 10.7. The van der Waals surface area contributed by atoms with Crippen molar-refractivity contribution in [1.82, 2.24) is 10.4 Å². The number of nitrogens with one attached hydrogen (secondary N) is 1. The van der Waals surface area contributed by atoms with E-state index in [9.17, 15) is 4.79 Å². The number of hydrazine groups is 1. The van der Waals surface area contributed by atoms with Gasteiger partial charge in [0.25, 0.3) is 0 Å². The van der Waals surface area contributed by atoms with E-state index in [2.05, 4.69) is 5.43 Å². The molecule has 0 radical (unpaired) electrons. The molecule has 0 aliphatic rings. The van der Waals surface area contributed by atoms with Crippen molar-refractivity contribution >= 4 is 5.91 Å². The zero-order valence-electron chi connectivity index (χ0n) is 9.53. The summed E-state index contributed by atoms with van der Waals surface area (Å²) in [5, 5.41) is 1.80. The van der Waals surface area contributed by atoms with Crippen LogP contribution in [0.5, 0.6) is 0 Å². The average Bonchev–Trinajstić information content (AvgIpc) is 2.18. The number of carbonyl (C=O) groups is 1. The number of hydrogen-bond donors (Lipinski definition) is 1. The number of carbonyl (C=O) groups excluding carboxylic acids is 1. The minimum atomic E-state index is 0.0169. The molecular formula is C12H18N2O. The van der Waals surface area contributed by atoms with Crippen molar-refractivity contribution in [2.24, 2.45) is 5.92 Å². The number of rotatable bonds is 4. The lowest BCUT2D eigenvalue weighted by Crippen LogP contribution is -2.40. The molecule has 0 aromatic heterocycles. The summed E-state index contributed by atoms with van der Waals surface area (Å²) in [5.41, 5.74) is 4.01. The van der Waals surface area contributed by atoms with E-state index in [0.717, 1.165) is 6.54 Å². The Balaban J connectivity index is 2.43. The van der Waals surface area contributed by atoms with E-state index in [1.54, 1.807) is 5.01 Å². The molecule has 0 aliphatic heterocycles. The van der Waals surface area contributed by atoms with E-state index in [0.29, 0.717) is 0 Å². The minimum Gasteiger partial charge on any atom is -0.289 e. The standard InChI is InChI=1S/C12H18N2O/c1-10(2)12(15)13-14(3)9-11-7-5-4-6-8-11/h4-8,10H,9H2,1-3H3,(H,13,15). The van der Waals surface area contributed by atoms with E-state index < -0.39 is 0 Å². The molecule has 3 heteroatoms. The van der Waals surface area contributed by atoms with Gasteiger partial charge in [0.05, 0.1) is 0 Å². The highest BCUT2D eigenvalue weighted by molar-refractivity contribution is 5.77. The monoisotopic (exact) mass is 206 g/mol. The predicted octanol–water partition coefficient (Wildman–Crippen LogP) is 1.81. The number of hydrogen-bond acceptors (Lipinski definition) is 2. The van der Waals surface area contributed by atoms with Gasteiger partial charge >= 0.3 is 0 Å². The number of nitrogens with zero attached hydrogens (tertiary/aromatic N) is 1. The molecule has 0 aliphatic carbocycles. The third-order valence-corrected chi connectivity index (χ3v) is 2.09. The molecular weight excluding hydrogens is 188 g/mol. The largest absolute Gasteiger partial charge is 0.289 e. The molecule has 0 saturated carbocycles. The summed E-state index contributed by atoms with van der Waals surface area (Å²) in [5.74, 6) is 0.0663. The lowest BCUT2D eigenvalue weighted by molar-refractivity contribution is -0.128. The highest BCUT2D eigenvalue weighted by Crippen LogP contribution is 2.01. The van der Waals surface area contributed by atoms with E-state index in [1.165, 1.54) is 5.56 Å². The first kappa shape index (κ1) is 11.7. The van der Waals surface area contributed by atoms with Crippen molar-refractivity contribution in [3.8, 4) is 0 Å². The summed E-state index contributed by atoms with van der Waals surface area (Å²) < 4.78 is 0. The summed E-state index contributed by atoms with van der Waals surface area (Å²) >= 11 is 0. The highest BCUT2D eigenvalue weighted by atomic mass is 16.2. The van der Waals surface area contributed by atoms with Gasteiger partial charge in [-0.2, -0.15) is 0 Å². The van der Waals surface area contributed by atoms with Crippen molar-refractivity contribution in [1.29, 1.82) is 0 Å². The Bertz CT molecular complexity index is 309. The topological polar surface area (TPSA) is 32.3 Å². The predicted molar refractivity (Wildman–Crippen MR) is 60.9 cm³/mol. The fraction of sp³-hybridized carbons (Fsp3) is 0.417. The molecule has 82 valence electrons. The summed E-state index contributed by atoms with van der Waals surface area (Å²) in [7, 11) is 1.87. The molecule has 0 unspecified atom stereocenters. The van der Waals surface area contributed by atoms with E-state index in [-0.39, 0.29) is 11.8 Å². The molecule has 0 heterocycles. The van der Waals surface area contributed by atoms with Crippen LogP contribution in [-0.4, -0.2) is 18.0 Å². The average molecular weight is 206 g/mol. The first-order valence-corrected chi connectivity index (χ1v) is 5.15. The van der Waals surface area contributed by atoms with Gasteiger partial charge in [0.1, 0.15) is 0 Å². The maximum atomic E-state index is 11.4. The van der Waals surface area contributed by atoms with Crippen LogP contribution < -0.4 is 5.43 Å². The van der Waals surface area contributed by atoms with Gasteiger partial charge in [-0.05, 0) is 5.56 Å². The van der Waals surface area contributed by atoms with Crippen LogP contribution in [-0.2, 0) is 11.3 Å². The molecule has 1 aromatic carbocycles. The summed E-state index contributed by atoms with van der Waals surface area (Å²) in [4.78, 5) is 11.4. The number of amides is 1. The molecule has 0 bridgehead atoms. The summed E-state index contributed by atoms with van der Waals surface area (Å²) in [6.45, 7) is 4.48. The van der Waals surface area contributed by atoms with Crippen LogP contribution in [0, 0.1) is 5.92 Å². The Morgan fingerprint density at radius 1 is 1.33 bits per heavy atom. The maximum Gasteiger partial charge on any atom is 0.236 e. The first-order chi connectivity index (χ1) is 7.09. The van der Waals surface area contributed by atoms with Crippen molar-refractivity contribution in [3.05, 3.63) is 35.9 Å². The molecule has 0 fully saturated rings. The van der Waals surface area contributed by atoms with Gasteiger partial charge in [-0.15, -0.1) is 0 Å². The lowest BCUT2D eigenvalue weighted by atomic mass is 10.2. The molecule has 15 heavy (non-hydrogen) atoms. The second-order valence-corrected chi connectivity index (χ2v) is 3.97. The van der Waals surface area contributed by atoms with Gasteiger partial charge in [0.2, 0.25) is 5.91 Å². The second kappa shape index (κ2) is 5.51. The fourth-order valence-electron chi connectivity index (χ4n) is 1.21. The zero-order valence-corrected chi connectivity index (χ0v) is 9.53. The first-order valence-electron chi connectivity index (χ1n) is 5.15. The molecule has 0 saturated heterocycles. The Hall–Kier alpha value is -1.35. The zero-order chi connectivity index (χ0) is 11.3. The van der Waals surface area contributed by atoms with Crippen LogP contribution in [0.25, 0.3) is 0 Å². The minimum absolute atomic E-state index is 0.0169. The summed E-state index contributed by atoms with van der Waals surface area (Å²) in [6, 6.07) is 10.0. The smallest absolute Gasteiger partial charge is 0.236 e. The Morgan fingerprint density at radius 3 is 2.47 bits per heavy atom. The van der Waals surface area contributed by atoms with E-state index in [1.807, 2.05) is 51.2 Å². The van der Waals surface area contributed by atoms with Crippen LogP contribution in [0.15, 0.2) is 30.3 Å². The van der Waals surface area contributed by atoms with Crippen LogP contribution >= 0.6 is 0 Å². The molecule has 0 spiro atoms. The van der Waals surface area contributed by atoms with Crippen molar-refractivity contribution in [2.75, 3.05) is 7.05 Å². The van der Waals surface area contributed by atoms with Crippen molar-refractivity contribution in [2.45, 2.75) is 20.4 Å². The Kier molecular flexibility index (Phi) is 4.31. The molecule has 0 atom stereocenters. The molecule has 1 rings (SSSR count). The molecule has 1 amide bonds. The van der Waals surface area contributed by atoms with Crippen LogP contribution in [0.4, 0.5) is 0 Å². The molecule has 1 aromatic rings. The van der Waals surface area contributed by atoms with E-state index >= 15 is 0 Å². The van der Waals surface area contributed by atoms with Crippen LogP contribution in [0.3, 0.4) is 0 Å². The van der Waals surface area contributed by atoms with Gasteiger partial charge in [0.15, 0.2) is 0 Å². The van der Waals surface area contributed by atoms with Gasteiger partial charge in [0, 0.05) is 19.5 Å². The quantitative estimate of drug-likeness (QED) is 0.762. The second-order valence-electron chi connectivity index (χ2n) is 3.97. The maximum absolute atomic E-state index is 11.4. The van der Waals surface area contributed by atoms with Crippen molar-refractivity contribution in [3.63, 3.8) is 0 Å². The van der Waals surface area contributed by atoms with Crippen LogP contribution in [0.1, 0.15) is 19.4 Å². The SMILES string of the molecule is CC(C)C(=O)NN(C)Cc1ccccc1. The Labute approximate surface area is 91.1 Å². The lowest BCUT2D eigenvalue weighted by Gasteiger charge is -2.19. The molecule has 1 N–H and O–H groups in total. The van der Waals surface area contributed by atoms with Gasteiger partial charge < -0.3 is 0 Å². The van der Waals surface area contributed by atoms with Crippen LogP contribution in [0.2, 0.25) is 0 Å². The third-order valence-electron chi connectivity index (χ3n) is 2.09. The molecule has 3 nitrogen and oxygen atoms in total. The third kappa shape index (κ3) is 4.13. The van der Waals surface area contributed by atoms with Gasteiger partial charge in [-0.1, -0.05) is 44.2 Å². The van der Waals surface area contributed by atoms with Crippen molar-refractivity contribution < 1.29 is 4.79 Å². The van der Waals surface area contributed by atoms with Gasteiger partial charge in [-0.25, -0.2) is 5.01 Å². The number of benzene rings is 1. The fourth-order valence-corrected chi connectivity index (χ4v) is 1.21. The Morgan fingerprint density at radius 2 is 1.93 bits per heavy atom.